The van der Waals surface area contributed by atoms with Gasteiger partial charge in [-0.3, -0.25) is 4.55 Å². The van der Waals surface area contributed by atoms with Gasteiger partial charge in [0, 0.05) is 19.7 Å². The zero-order chi connectivity index (χ0) is 17.2. The second kappa shape index (κ2) is 6.26. The van der Waals surface area contributed by atoms with Crippen molar-refractivity contribution < 1.29 is 18.1 Å². The Labute approximate surface area is 132 Å². The number of fused-ring (bicyclic) bond motifs is 1. The van der Waals surface area contributed by atoms with Gasteiger partial charge in [-0.1, -0.05) is 6.07 Å². The maximum absolute atomic E-state index is 11.2. The van der Waals surface area contributed by atoms with Crippen molar-refractivity contribution in [3.8, 4) is 5.75 Å². The third-order valence-electron chi connectivity index (χ3n) is 3.10. The molecule has 9 nitrogen and oxygen atoms in total. The summed E-state index contributed by atoms with van der Waals surface area (Å²) in [6.07, 6.45) is 0. The predicted molar refractivity (Wildman–Crippen MR) is 86.2 cm³/mol. The number of phenolic OH excluding ortho intramolecular Hbond substituents is 1. The summed E-state index contributed by atoms with van der Waals surface area (Å²) < 4.78 is 31.4. The van der Waals surface area contributed by atoms with Gasteiger partial charge in [0.2, 0.25) is 0 Å². The highest BCUT2D eigenvalue weighted by Crippen LogP contribution is 2.44. The molecule has 0 aliphatic rings. The van der Waals surface area contributed by atoms with Crippen LogP contribution in [0.2, 0.25) is 0 Å². The van der Waals surface area contributed by atoms with Gasteiger partial charge in [-0.2, -0.15) is 28.9 Å². The lowest BCUT2D eigenvalue weighted by Gasteiger charge is -2.12. The van der Waals surface area contributed by atoms with E-state index in [0.29, 0.717) is 11.1 Å². The molecule has 2 aromatic carbocycles. The topological polar surface area (TPSA) is 150 Å². The molecular formula is C13H15N5O4S. The molecule has 0 saturated heterocycles. The number of anilines is 1. The summed E-state index contributed by atoms with van der Waals surface area (Å²) in [7, 11) is -1.46. The summed E-state index contributed by atoms with van der Waals surface area (Å²) in [4.78, 5) is 0. The van der Waals surface area contributed by atoms with Gasteiger partial charge in [-0.25, -0.2) is 0 Å². The average Bonchev–Trinajstić information content (AvgIpc) is 2.44. The van der Waals surface area contributed by atoms with Crippen LogP contribution in [-0.2, 0) is 15.9 Å². The Morgan fingerprint density at radius 1 is 1.17 bits per heavy atom. The number of rotatable bonds is 4. The normalized spacial score (nSPS) is 12.7. The van der Waals surface area contributed by atoms with Crippen molar-refractivity contribution in [2.45, 2.75) is 5.75 Å². The van der Waals surface area contributed by atoms with Crippen LogP contribution in [0.25, 0.3) is 10.8 Å². The molecule has 122 valence electrons. The first kappa shape index (κ1) is 16.8. The molecule has 2 rings (SSSR count). The number of nitrogen functional groups attached to an aromatic ring is 1. The molecule has 0 fully saturated rings. The molecule has 0 unspecified atom stereocenters. The van der Waals surface area contributed by atoms with Gasteiger partial charge in [-0.05, 0) is 17.5 Å². The summed E-state index contributed by atoms with van der Waals surface area (Å²) in [5.41, 5.74) is 6.56. The minimum atomic E-state index is -4.31. The van der Waals surface area contributed by atoms with Crippen LogP contribution in [0.4, 0.5) is 17.1 Å². The van der Waals surface area contributed by atoms with Crippen LogP contribution < -0.4 is 5.73 Å². The zero-order valence-corrected chi connectivity index (χ0v) is 13.2. The molecule has 23 heavy (non-hydrogen) atoms. The van der Waals surface area contributed by atoms with Crippen molar-refractivity contribution in [2.24, 2.45) is 20.5 Å². The smallest absolute Gasteiger partial charge is 0.269 e. The van der Waals surface area contributed by atoms with Gasteiger partial charge in [0.1, 0.15) is 17.1 Å². The fourth-order valence-electron chi connectivity index (χ4n) is 2.25. The molecule has 0 saturated carbocycles. The van der Waals surface area contributed by atoms with E-state index >= 15 is 0 Å². The molecule has 10 heteroatoms. The van der Waals surface area contributed by atoms with E-state index in [1.807, 2.05) is 0 Å². The molecule has 0 heterocycles. The summed E-state index contributed by atoms with van der Waals surface area (Å²) in [6.45, 7) is 0. The summed E-state index contributed by atoms with van der Waals surface area (Å²) in [5, 5.41) is 26.0. The molecular weight excluding hydrogens is 322 g/mol. The Kier molecular flexibility index (Phi) is 4.57. The van der Waals surface area contributed by atoms with Crippen LogP contribution in [-0.4, -0.2) is 32.2 Å². The number of nitrogens with two attached hydrogens (primary N) is 1. The molecule has 0 aliphatic carbocycles. The monoisotopic (exact) mass is 337 g/mol. The van der Waals surface area contributed by atoms with Gasteiger partial charge in [-0.15, -0.1) is 0 Å². The minimum Gasteiger partial charge on any atom is -0.505 e. The van der Waals surface area contributed by atoms with E-state index in [2.05, 4.69) is 20.5 Å². The van der Waals surface area contributed by atoms with Crippen molar-refractivity contribution >= 4 is 38.0 Å². The van der Waals surface area contributed by atoms with E-state index in [0.717, 1.165) is 0 Å². The van der Waals surface area contributed by atoms with Crippen LogP contribution in [0.5, 0.6) is 5.75 Å². The fourth-order valence-corrected chi connectivity index (χ4v) is 2.86. The largest absolute Gasteiger partial charge is 0.505 e. The molecule has 0 spiro atoms. The Bertz CT molecular complexity index is 922. The van der Waals surface area contributed by atoms with E-state index in [1.54, 1.807) is 12.1 Å². The van der Waals surface area contributed by atoms with Crippen LogP contribution in [0.3, 0.4) is 0 Å². The van der Waals surface area contributed by atoms with Crippen LogP contribution in [0.1, 0.15) is 5.56 Å². The summed E-state index contributed by atoms with van der Waals surface area (Å²) in [6, 6.07) is 4.66. The highest BCUT2D eigenvalue weighted by atomic mass is 32.2. The second-order valence-electron chi connectivity index (χ2n) is 4.66. The maximum atomic E-state index is 11.2. The standard InChI is InChI=1S/C13H15N5O4S/c1-15-17-9-4-3-7-5-8(6-23(20,21)22)12(18-16-2)13(19)10(7)11(9)14/h3-5,19H,6,14H2,1-2H3,(H,20,21,22). The van der Waals surface area contributed by atoms with Crippen molar-refractivity contribution in [1.29, 1.82) is 0 Å². The van der Waals surface area contributed by atoms with Crippen molar-refractivity contribution in [3.63, 3.8) is 0 Å². The molecule has 0 aromatic heterocycles. The van der Waals surface area contributed by atoms with E-state index in [9.17, 15) is 13.5 Å². The summed E-state index contributed by atoms with van der Waals surface area (Å²) in [5.74, 6) is -1.04. The first-order chi connectivity index (χ1) is 10.8. The van der Waals surface area contributed by atoms with Gasteiger partial charge < -0.3 is 10.8 Å². The number of hydrogen-bond acceptors (Lipinski definition) is 8. The maximum Gasteiger partial charge on any atom is 0.269 e. The van der Waals surface area contributed by atoms with Crippen LogP contribution >= 0.6 is 0 Å². The number of benzene rings is 2. The fraction of sp³-hybridized carbons (Fsp3) is 0.231. The molecule has 0 atom stereocenters. The van der Waals surface area contributed by atoms with E-state index < -0.39 is 15.9 Å². The SMILES string of the molecule is CN=Nc1ccc2cc(CS(=O)(=O)O)c(N=NC)c(O)c2c1N. The lowest BCUT2D eigenvalue weighted by molar-refractivity contribution is 0.479. The third kappa shape index (κ3) is 3.43. The minimum absolute atomic E-state index is 0.0742. The molecule has 4 N–H and O–H groups in total. The quantitative estimate of drug-likeness (QED) is 0.445. The molecule has 0 radical (unpaired) electrons. The lowest BCUT2D eigenvalue weighted by Crippen LogP contribution is -2.02. The van der Waals surface area contributed by atoms with E-state index in [4.69, 9.17) is 10.3 Å². The molecule has 0 bridgehead atoms. The van der Waals surface area contributed by atoms with Crippen LogP contribution in [0.15, 0.2) is 38.7 Å². The molecule has 0 amide bonds. The summed E-state index contributed by atoms with van der Waals surface area (Å²) >= 11 is 0. The third-order valence-corrected chi connectivity index (χ3v) is 3.77. The van der Waals surface area contributed by atoms with Crippen molar-refractivity contribution in [1.82, 2.24) is 0 Å². The Morgan fingerprint density at radius 2 is 1.83 bits per heavy atom. The van der Waals surface area contributed by atoms with Gasteiger partial charge in [0.25, 0.3) is 10.1 Å². The Morgan fingerprint density at radius 3 is 2.39 bits per heavy atom. The van der Waals surface area contributed by atoms with Crippen LogP contribution in [0, 0.1) is 0 Å². The Balaban J connectivity index is 2.86. The first-order valence-electron chi connectivity index (χ1n) is 6.40. The van der Waals surface area contributed by atoms with Crippen molar-refractivity contribution in [3.05, 3.63) is 23.8 Å². The number of hydrogen-bond donors (Lipinski definition) is 3. The Hall–Kier alpha value is -2.59. The molecule has 0 aliphatic heterocycles. The van der Waals surface area contributed by atoms with Gasteiger partial charge in [0.05, 0.1) is 11.1 Å². The van der Waals surface area contributed by atoms with Gasteiger partial charge in [0.15, 0.2) is 5.75 Å². The first-order valence-corrected chi connectivity index (χ1v) is 8.01. The number of phenols is 1. The van der Waals surface area contributed by atoms with Gasteiger partial charge >= 0.3 is 0 Å². The average molecular weight is 337 g/mol. The number of azo groups is 2. The molecule has 2 aromatic rings. The predicted octanol–water partition coefficient (Wildman–Crippen LogP) is 2.94. The number of aromatic hydroxyl groups is 1. The van der Waals surface area contributed by atoms with Crippen molar-refractivity contribution in [2.75, 3.05) is 19.8 Å². The second-order valence-corrected chi connectivity index (χ2v) is 6.11. The highest BCUT2D eigenvalue weighted by Gasteiger charge is 2.19. The number of nitrogens with zero attached hydrogens (tertiary/aromatic N) is 4. The zero-order valence-electron chi connectivity index (χ0n) is 12.4. The van der Waals surface area contributed by atoms with E-state index in [-0.39, 0.29) is 28.1 Å². The highest BCUT2D eigenvalue weighted by molar-refractivity contribution is 7.85. The lowest BCUT2D eigenvalue weighted by atomic mass is 10.0. The van der Waals surface area contributed by atoms with E-state index in [1.165, 1.54) is 20.2 Å².